The molecule has 0 aliphatic carbocycles. The van der Waals surface area contributed by atoms with Crippen molar-refractivity contribution in [1.29, 1.82) is 0 Å². The lowest BCUT2D eigenvalue weighted by Crippen LogP contribution is -1.75. The second-order valence-corrected chi connectivity index (χ2v) is 3.01. The highest BCUT2D eigenvalue weighted by atomic mass is 79.9. The SMILES string of the molecule is CC/C=C(C)\N=C(/C)Br. The molecule has 0 aromatic carbocycles. The van der Waals surface area contributed by atoms with Gasteiger partial charge in [-0.15, -0.1) is 0 Å². The van der Waals surface area contributed by atoms with E-state index < -0.39 is 0 Å². The van der Waals surface area contributed by atoms with E-state index in [2.05, 4.69) is 33.9 Å². The summed E-state index contributed by atoms with van der Waals surface area (Å²) < 4.78 is 0.935. The normalized spacial score (nSPS) is 14.2. The summed E-state index contributed by atoms with van der Waals surface area (Å²) in [5.74, 6) is 0. The van der Waals surface area contributed by atoms with E-state index in [1.165, 1.54) is 0 Å². The van der Waals surface area contributed by atoms with Crippen LogP contribution in [0.25, 0.3) is 0 Å². The van der Waals surface area contributed by atoms with Crippen molar-refractivity contribution >= 4 is 20.6 Å². The Morgan fingerprint density at radius 1 is 1.56 bits per heavy atom. The lowest BCUT2D eigenvalue weighted by atomic mass is 10.4. The first-order chi connectivity index (χ1) is 4.16. The summed E-state index contributed by atoms with van der Waals surface area (Å²) in [4.78, 5) is 4.16. The summed E-state index contributed by atoms with van der Waals surface area (Å²) in [6, 6.07) is 0. The molecule has 2 heteroatoms. The Kier molecular flexibility index (Phi) is 4.68. The molecule has 9 heavy (non-hydrogen) atoms. The van der Waals surface area contributed by atoms with Crippen molar-refractivity contribution in [2.75, 3.05) is 0 Å². The zero-order valence-corrected chi connectivity index (χ0v) is 7.70. The van der Waals surface area contributed by atoms with Gasteiger partial charge in [0.05, 0.1) is 4.62 Å². The Balaban J connectivity index is 3.90. The minimum atomic E-state index is 0.935. The Morgan fingerprint density at radius 3 is 2.44 bits per heavy atom. The van der Waals surface area contributed by atoms with Crippen LogP contribution in [0.4, 0.5) is 0 Å². The van der Waals surface area contributed by atoms with Crippen molar-refractivity contribution in [3.05, 3.63) is 11.8 Å². The molecule has 0 N–H and O–H groups in total. The fourth-order valence-corrected chi connectivity index (χ4v) is 0.864. The number of allylic oxidation sites excluding steroid dienone is 2. The standard InChI is InChI=1S/C7H12BrN/c1-4-5-6(2)9-7(3)8/h5H,4H2,1-3H3/b6-5-,9-7+. The number of nitrogens with zero attached hydrogens (tertiary/aromatic N) is 1. The van der Waals surface area contributed by atoms with Crippen LogP contribution in [0.2, 0.25) is 0 Å². The van der Waals surface area contributed by atoms with Crippen LogP contribution in [-0.2, 0) is 0 Å². The molecular formula is C7H12BrN. The van der Waals surface area contributed by atoms with Crippen LogP contribution in [0.1, 0.15) is 27.2 Å². The summed E-state index contributed by atoms with van der Waals surface area (Å²) in [7, 11) is 0. The largest absolute Gasteiger partial charge is 0.251 e. The Morgan fingerprint density at radius 2 is 2.11 bits per heavy atom. The van der Waals surface area contributed by atoms with Crippen molar-refractivity contribution in [3.63, 3.8) is 0 Å². The monoisotopic (exact) mass is 189 g/mol. The average molecular weight is 190 g/mol. The van der Waals surface area contributed by atoms with Crippen LogP contribution >= 0.6 is 15.9 Å². The van der Waals surface area contributed by atoms with E-state index in [4.69, 9.17) is 0 Å². The predicted molar refractivity (Wildman–Crippen MR) is 46.1 cm³/mol. The van der Waals surface area contributed by atoms with Gasteiger partial charge in [0.2, 0.25) is 0 Å². The predicted octanol–water partition coefficient (Wildman–Crippen LogP) is 3.11. The first-order valence-corrected chi connectivity index (χ1v) is 3.83. The van der Waals surface area contributed by atoms with Gasteiger partial charge in [-0.3, -0.25) is 4.99 Å². The van der Waals surface area contributed by atoms with Crippen LogP contribution in [0.15, 0.2) is 16.8 Å². The van der Waals surface area contributed by atoms with E-state index >= 15 is 0 Å². The topological polar surface area (TPSA) is 12.4 Å². The molecule has 0 radical (unpaired) electrons. The number of hydrogen-bond donors (Lipinski definition) is 0. The molecule has 0 aromatic rings. The summed E-state index contributed by atoms with van der Waals surface area (Å²) in [5.41, 5.74) is 1.08. The minimum absolute atomic E-state index is 0.935. The van der Waals surface area contributed by atoms with Crippen molar-refractivity contribution in [3.8, 4) is 0 Å². The van der Waals surface area contributed by atoms with Gasteiger partial charge in [0.1, 0.15) is 0 Å². The van der Waals surface area contributed by atoms with E-state index in [1.54, 1.807) is 0 Å². The molecule has 0 aliphatic rings. The van der Waals surface area contributed by atoms with E-state index in [-0.39, 0.29) is 0 Å². The van der Waals surface area contributed by atoms with Crippen molar-refractivity contribution < 1.29 is 0 Å². The molecule has 0 atom stereocenters. The first-order valence-electron chi connectivity index (χ1n) is 3.04. The van der Waals surface area contributed by atoms with Crippen LogP contribution in [0.5, 0.6) is 0 Å². The number of hydrogen-bond acceptors (Lipinski definition) is 1. The lowest BCUT2D eigenvalue weighted by Gasteiger charge is -1.89. The summed E-state index contributed by atoms with van der Waals surface area (Å²) >= 11 is 3.25. The van der Waals surface area contributed by atoms with Crippen LogP contribution in [-0.4, -0.2) is 4.62 Å². The van der Waals surface area contributed by atoms with Crippen molar-refractivity contribution in [2.45, 2.75) is 27.2 Å². The molecule has 0 aliphatic heterocycles. The van der Waals surface area contributed by atoms with E-state index in [0.29, 0.717) is 0 Å². The molecule has 0 amide bonds. The van der Waals surface area contributed by atoms with Crippen LogP contribution < -0.4 is 0 Å². The third kappa shape index (κ3) is 5.77. The van der Waals surface area contributed by atoms with Gasteiger partial charge < -0.3 is 0 Å². The van der Waals surface area contributed by atoms with Gasteiger partial charge in [-0.05, 0) is 36.2 Å². The smallest absolute Gasteiger partial charge is 0.0801 e. The maximum Gasteiger partial charge on any atom is 0.0801 e. The molecule has 0 rings (SSSR count). The maximum atomic E-state index is 4.16. The van der Waals surface area contributed by atoms with Crippen molar-refractivity contribution in [2.24, 2.45) is 4.99 Å². The fourth-order valence-electron chi connectivity index (χ4n) is 0.584. The minimum Gasteiger partial charge on any atom is -0.251 e. The third-order valence-electron chi connectivity index (χ3n) is 0.830. The van der Waals surface area contributed by atoms with E-state index in [1.807, 2.05) is 13.8 Å². The van der Waals surface area contributed by atoms with Gasteiger partial charge in [0.15, 0.2) is 0 Å². The molecule has 0 aromatic heterocycles. The second kappa shape index (κ2) is 4.74. The number of rotatable bonds is 2. The zero-order chi connectivity index (χ0) is 7.28. The fraction of sp³-hybridized carbons (Fsp3) is 0.571. The van der Waals surface area contributed by atoms with Gasteiger partial charge >= 0.3 is 0 Å². The highest BCUT2D eigenvalue weighted by molar-refractivity contribution is 9.18. The van der Waals surface area contributed by atoms with Crippen LogP contribution in [0.3, 0.4) is 0 Å². The zero-order valence-electron chi connectivity index (χ0n) is 6.11. The molecule has 0 spiro atoms. The summed E-state index contributed by atoms with van der Waals surface area (Å²) in [5, 5.41) is 0. The van der Waals surface area contributed by atoms with Gasteiger partial charge in [-0.1, -0.05) is 13.0 Å². The number of halogens is 1. The molecule has 0 unspecified atom stereocenters. The lowest BCUT2D eigenvalue weighted by molar-refractivity contribution is 1.16. The molecule has 0 heterocycles. The molecular weight excluding hydrogens is 178 g/mol. The average Bonchev–Trinajstić information content (AvgIpc) is 1.63. The molecule has 52 valence electrons. The van der Waals surface area contributed by atoms with Crippen LogP contribution in [0, 0.1) is 0 Å². The number of aliphatic imine (C=N–C) groups is 1. The Hall–Kier alpha value is -0.110. The highest BCUT2D eigenvalue weighted by Crippen LogP contribution is 1.99. The quantitative estimate of drug-likeness (QED) is 0.593. The molecule has 0 saturated heterocycles. The third-order valence-corrected chi connectivity index (χ3v) is 1.01. The van der Waals surface area contributed by atoms with Crippen molar-refractivity contribution in [1.82, 2.24) is 0 Å². The summed E-state index contributed by atoms with van der Waals surface area (Å²) in [6.07, 6.45) is 3.14. The summed E-state index contributed by atoms with van der Waals surface area (Å²) in [6.45, 7) is 6.02. The van der Waals surface area contributed by atoms with Gasteiger partial charge in [-0.2, -0.15) is 0 Å². The maximum absolute atomic E-state index is 4.16. The van der Waals surface area contributed by atoms with Gasteiger partial charge in [0.25, 0.3) is 0 Å². The second-order valence-electron chi connectivity index (χ2n) is 1.86. The first kappa shape index (κ1) is 8.89. The Labute approximate surface area is 65.0 Å². The van der Waals surface area contributed by atoms with E-state index in [0.717, 1.165) is 16.7 Å². The Bertz CT molecular complexity index is 132. The molecule has 0 fully saturated rings. The van der Waals surface area contributed by atoms with E-state index in [9.17, 15) is 0 Å². The van der Waals surface area contributed by atoms with Gasteiger partial charge in [-0.25, -0.2) is 0 Å². The molecule has 1 nitrogen and oxygen atoms in total. The van der Waals surface area contributed by atoms with Gasteiger partial charge in [0, 0.05) is 5.70 Å². The highest BCUT2D eigenvalue weighted by Gasteiger charge is 1.82. The molecule has 0 saturated carbocycles. The molecule has 0 bridgehead atoms.